The van der Waals surface area contributed by atoms with Gasteiger partial charge in [0, 0.05) is 47.9 Å². The number of carbonyl (C=O) groups is 1. The highest BCUT2D eigenvalue weighted by atomic mass is 35.5. The van der Waals surface area contributed by atoms with Crippen LogP contribution in [0.5, 0.6) is 0 Å². The van der Waals surface area contributed by atoms with Crippen molar-refractivity contribution in [3.05, 3.63) is 110 Å². The monoisotopic (exact) mass is 627 g/mol. The van der Waals surface area contributed by atoms with E-state index in [-0.39, 0.29) is 5.97 Å². The molecule has 6 aromatic rings. The van der Waals surface area contributed by atoms with Crippen LogP contribution in [0, 0.1) is 6.92 Å². The van der Waals surface area contributed by atoms with Crippen molar-refractivity contribution in [1.29, 1.82) is 0 Å². The number of H-pyrrole nitrogens is 1. The minimum Gasteiger partial charge on any atom is -0.456 e. The van der Waals surface area contributed by atoms with E-state index < -0.39 is 12.0 Å². The fourth-order valence-corrected chi connectivity index (χ4v) is 7.41. The predicted molar refractivity (Wildman–Crippen MR) is 173 cm³/mol. The first-order valence-electron chi connectivity index (χ1n) is 14.1. The topological polar surface area (TPSA) is 85.2 Å². The zero-order valence-corrected chi connectivity index (χ0v) is 26.0. The van der Waals surface area contributed by atoms with E-state index in [2.05, 4.69) is 21.2 Å². The van der Waals surface area contributed by atoms with Gasteiger partial charge in [0.2, 0.25) is 0 Å². The first kappa shape index (κ1) is 27.8. The summed E-state index contributed by atoms with van der Waals surface area (Å²) >= 11 is 14.4. The minimum atomic E-state index is -0.460. The van der Waals surface area contributed by atoms with Gasteiger partial charge in [-0.2, -0.15) is 0 Å². The molecule has 7 nitrogen and oxygen atoms in total. The Morgan fingerprint density at radius 1 is 1.02 bits per heavy atom. The molecule has 1 aliphatic heterocycles. The average molecular weight is 629 g/mol. The van der Waals surface area contributed by atoms with Crippen LogP contribution in [0.2, 0.25) is 10.0 Å². The van der Waals surface area contributed by atoms with Gasteiger partial charge in [0.05, 0.1) is 11.6 Å². The van der Waals surface area contributed by atoms with Crippen molar-refractivity contribution < 1.29 is 9.53 Å². The molecule has 7 rings (SSSR count). The van der Waals surface area contributed by atoms with Crippen LogP contribution in [0.25, 0.3) is 26.8 Å². The summed E-state index contributed by atoms with van der Waals surface area (Å²) in [6.07, 6.45) is 0.185. The van der Waals surface area contributed by atoms with Crippen molar-refractivity contribution in [3.63, 3.8) is 0 Å². The Balaban J connectivity index is 1.21. The average Bonchev–Trinajstić information content (AvgIpc) is 3.68. The number of fused-ring (bicyclic) bond motifs is 6. The molecule has 3 aromatic carbocycles. The van der Waals surface area contributed by atoms with Crippen molar-refractivity contribution >= 4 is 68.0 Å². The van der Waals surface area contributed by atoms with Crippen molar-refractivity contribution in [2.24, 2.45) is 4.99 Å². The van der Waals surface area contributed by atoms with Crippen LogP contribution in [0.4, 0.5) is 0 Å². The highest BCUT2D eigenvalue weighted by molar-refractivity contribution is 7.15. The van der Waals surface area contributed by atoms with Gasteiger partial charge >= 0.3 is 5.97 Å². The van der Waals surface area contributed by atoms with Crippen molar-refractivity contribution in [2.45, 2.75) is 45.8 Å². The fourth-order valence-electron chi connectivity index (χ4n) is 5.67. The largest absolute Gasteiger partial charge is 0.456 e. The summed E-state index contributed by atoms with van der Waals surface area (Å²) in [6.45, 7) is 6.22. The number of hydrogen-bond donors (Lipinski definition) is 1. The molecular formula is C33H27Cl2N5O2S. The van der Waals surface area contributed by atoms with E-state index in [1.807, 2.05) is 86.0 Å². The van der Waals surface area contributed by atoms with E-state index >= 15 is 0 Å². The minimum absolute atomic E-state index is 0.282. The summed E-state index contributed by atoms with van der Waals surface area (Å²) < 4.78 is 8.24. The number of aromatic amines is 1. The second-order valence-corrected chi connectivity index (χ2v) is 12.6. The Bertz CT molecular complexity index is 2070. The Morgan fingerprint density at radius 3 is 2.67 bits per heavy atom. The van der Waals surface area contributed by atoms with Crippen LogP contribution in [0.15, 0.2) is 71.7 Å². The summed E-state index contributed by atoms with van der Waals surface area (Å²) in [6, 6.07) is 21.6. The zero-order valence-electron chi connectivity index (χ0n) is 23.7. The van der Waals surface area contributed by atoms with Gasteiger partial charge in [-0.3, -0.25) is 14.4 Å². The molecule has 0 saturated heterocycles. The third-order valence-corrected chi connectivity index (χ3v) is 9.75. The van der Waals surface area contributed by atoms with Gasteiger partial charge in [-0.1, -0.05) is 60.5 Å². The van der Waals surface area contributed by atoms with Gasteiger partial charge in [-0.25, -0.2) is 0 Å². The number of esters is 1. The van der Waals surface area contributed by atoms with Gasteiger partial charge in [0.1, 0.15) is 23.5 Å². The lowest BCUT2D eigenvalue weighted by Crippen LogP contribution is -2.16. The Labute approximate surface area is 262 Å². The molecule has 1 aliphatic rings. The molecule has 0 saturated carbocycles. The molecule has 2 atom stereocenters. The van der Waals surface area contributed by atoms with Crippen LogP contribution >= 0.6 is 34.5 Å². The molecule has 1 N–H and O–H groups in total. The Morgan fingerprint density at radius 2 is 1.86 bits per heavy atom. The van der Waals surface area contributed by atoms with E-state index in [4.69, 9.17) is 32.9 Å². The molecule has 2 unspecified atom stereocenters. The van der Waals surface area contributed by atoms with Gasteiger partial charge in [0.25, 0.3) is 0 Å². The number of nitrogens with zero attached hydrogens (tertiary/aromatic N) is 4. The molecule has 0 aliphatic carbocycles. The molecule has 0 radical (unpaired) electrons. The summed E-state index contributed by atoms with van der Waals surface area (Å²) in [5.41, 5.74) is 5.39. The van der Waals surface area contributed by atoms with E-state index in [0.29, 0.717) is 23.0 Å². The summed E-state index contributed by atoms with van der Waals surface area (Å²) in [5, 5.41) is 13.0. The number of ether oxygens (including phenoxy) is 1. The van der Waals surface area contributed by atoms with Crippen LogP contribution < -0.4 is 0 Å². The summed E-state index contributed by atoms with van der Waals surface area (Å²) in [5.74, 6) is 0.782. The molecule has 0 fully saturated rings. The molecule has 43 heavy (non-hydrogen) atoms. The van der Waals surface area contributed by atoms with Crippen molar-refractivity contribution in [1.82, 2.24) is 19.7 Å². The van der Waals surface area contributed by atoms with Crippen LogP contribution in [0.1, 0.15) is 65.5 Å². The van der Waals surface area contributed by atoms with Crippen LogP contribution in [-0.4, -0.2) is 31.4 Å². The lowest BCUT2D eigenvalue weighted by Gasteiger charge is -2.18. The maximum Gasteiger partial charge on any atom is 0.313 e. The van der Waals surface area contributed by atoms with Gasteiger partial charge < -0.3 is 9.72 Å². The van der Waals surface area contributed by atoms with Crippen molar-refractivity contribution in [3.8, 4) is 5.00 Å². The highest BCUT2D eigenvalue weighted by Gasteiger charge is 2.29. The summed E-state index contributed by atoms with van der Waals surface area (Å²) in [7, 11) is 0. The number of thiophene rings is 1. The first-order valence-corrected chi connectivity index (χ1v) is 15.7. The molecule has 216 valence electrons. The number of aryl methyl sites for hydroxylation is 1. The maximum absolute atomic E-state index is 13.6. The van der Waals surface area contributed by atoms with Crippen molar-refractivity contribution in [2.75, 3.05) is 0 Å². The SMILES string of the molecule is CCC(OC(=O)C(C)c1ccc2c(c1)[nH]c1ccc(Cl)cc12)c1cc2c(s1)-n1c(C)nnc1CN=C2c1ccccc1Cl. The fraction of sp³-hybridized carbons (Fsp3) is 0.212. The van der Waals surface area contributed by atoms with E-state index in [9.17, 15) is 4.79 Å². The van der Waals surface area contributed by atoms with E-state index in [0.717, 1.165) is 65.7 Å². The third-order valence-electron chi connectivity index (χ3n) is 7.97. The number of halogens is 2. The van der Waals surface area contributed by atoms with E-state index in [1.54, 1.807) is 11.3 Å². The smallest absolute Gasteiger partial charge is 0.313 e. The predicted octanol–water partition coefficient (Wildman–Crippen LogP) is 8.73. The molecule has 3 aromatic heterocycles. The zero-order chi connectivity index (χ0) is 29.8. The second-order valence-electron chi connectivity index (χ2n) is 10.7. The number of aliphatic imine (C=N–C) groups is 1. The molecule has 4 heterocycles. The molecular weight excluding hydrogens is 601 g/mol. The van der Waals surface area contributed by atoms with Gasteiger partial charge in [0.15, 0.2) is 5.82 Å². The number of nitrogens with one attached hydrogen (secondary N) is 1. The Kier molecular flexibility index (Phi) is 7.08. The third kappa shape index (κ3) is 4.83. The quantitative estimate of drug-likeness (QED) is 0.187. The van der Waals surface area contributed by atoms with Gasteiger partial charge in [-0.05, 0) is 62.2 Å². The van der Waals surface area contributed by atoms with Gasteiger partial charge in [-0.15, -0.1) is 21.5 Å². The second kappa shape index (κ2) is 10.9. The summed E-state index contributed by atoms with van der Waals surface area (Å²) in [4.78, 5) is 22.9. The number of benzene rings is 3. The number of aromatic nitrogens is 4. The molecule has 0 spiro atoms. The van der Waals surface area contributed by atoms with E-state index in [1.165, 1.54) is 0 Å². The lowest BCUT2D eigenvalue weighted by molar-refractivity contribution is -0.151. The Hall–Kier alpha value is -3.98. The first-order chi connectivity index (χ1) is 20.8. The highest BCUT2D eigenvalue weighted by Crippen LogP contribution is 2.39. The normalized spacial score (nSPS) is 14.2. The van der Waals surface area contributed by atoms with Crippen LogP contribution in [0.3, 0.4) is 0 Å². The number of rotatable bonds is 6. The maximum atomic E-state index is 13.6. The number of hydrogen-bond acceptors (Lipinski definition) is 6. The molecule has 0 amide bonds. The lowest BCUT2D eigenvalue weighted by atomic mass is 9.99. The van der Waals surface area contributed by atoms with Crippen LogP contribution in [-0.2, 0) is 16.1 Å². The standard InChI is InChI=1S/C33H27Cl2N5O2S/c1-4-28(42-33(41)17(2)19-9-11-21-23-14-20(34)10-12-26(23)37-27(21)13-19)29-15-24-31(22-7-5-6-8-25(22)35)36-16-30-39-38-18(3)40(30)32(24)43-29/h5-15,17,28,37H,4,16H2,1-3H3. The molecule has 0 bridgehead atoms. The number of carbonyl (C=O) groups excluding carboxylic acids is 1. The molecule has 10 heteroatoms.